The Bertz CT molecular complexity index is 649. The molecule has 3 rings (SSSR count). The van der Waals surface area contributed by atoms with E-state index in [0.717, 1.165) is 17.2 Å². The summed E-state index contributed by atoms with van der Waals surface area (Å²) >= 11 is 0. The Morgan fingerprint density at radius 3 is 2.58 bits per heavy atom. The second kappa shape index (κ2) is 4.57. The lowest BCUT2D eigenvalue weighted by Gasteiger charge is -2.08. The molecule has 2 aromatic carbocycles. The average molecular weight is 258 g/mol. The van der Waals surface area contributed by atoms with Crippen LogP contribution in [0.1, 0.15) is 21.5 Å². The topological polar surface area (TPSA) is 17.1 Å². The van der Waals surface area contributed by atoms with Gasteiger partial charge in [-0.15, -0.1) is 0 Å². The molecule has 3 heteroatoms. The van der Waals surface area contributed by atoms with E-state index >= 15 is 0 Å². The van der Waals surface area contributed by atoms with Crippen molar-refractivity contribution in [3.05, 3.63) is 70.8 Å². The van der Waals surface area contributed by atoms with Gasteiger partial charge < -0.3 is 0 Å². The molecule has 0 N–H and O–H groups in total. The summed E-state index contributed by atoms with van der Waals surface area (Å²) in [5, 5.41) is 0. The van der Waals surface area contributed by atoms with E-state index in [-0.39, 0.29) is 11.7 Å². The van der Waals surface area contributed by atoms with E-state index < -0.39 is 11.6 Å². The molecular formula is C16H12F2O. The molecule has 1 aliphatic rings. The lowest BCUT2D eigenvalue weighted by atomic mass is 9.96. The molecule has 0 saturated carbocycles. The number of Topliss-reactive ketones (excluding diaryl/α,β-unsaturated/α-hetero) is 1. The number of fused-ring (bicyclic) bond motifs is 1. The van der Waals surface area contributed by atoms with Gasteiger partial charge in [-0.3, -0.25) is 4.79 Å². The number of hydrogen-bond acceptors (Lipinski definition) is 1. The van der Waals surface area contributed by atoms with Crippen LogP contribution in [-0.2, 0) is 12.8 Å². The molecule has 0 bridgehead atoms. The van der Waals surface area contributed by atoms with Crippen LogP contribution in [0.2, 0.25) is 0 Å². The molecule has 96 valence electrons. The Kier molecular flexibility index (Phi) is 2.90. The highest BCUT2D eigenvalue weighted by Crippen LogP contribution is 2.29. The number of carbonyl (C=O) groups is 1. The average Bonchev–Trinajstić information content (AvgIpc) is 2.72. The van der Waals surface area contributed by atoms with Crippen molar-refractivity contribution in [2.24, 2.45) is 5.92 Å². The van der Waals surface area contributed by atoms with Gasteiger partial charge in [0.2, 0.25) is 0 Å². The lowest BCUT2D eigenvalue weighted by Crippen LogP contribution is -2.12. The summed E-state index contributed by atoms with van der Waals surface area (Å²) in [4.78, 5) is 12.2. The van der Waals surface area contributed by atoms with Gasteiger partial charge in [0, 0.05) is 11.5 Å². The molecule has 0 saturated heterocycles. The summed E-state index contributed by atoms with van der Waals surface area (Å²) in [5.41, 5.74) is 2.46. The number of benzene rings is 2. The van der Waals surface area contributed by atoms with Crippen LogP contribution in [0.4, 0.5) is 8.78 Å². The molecule has 0 amide bonds. The van der Waals surface area contributed by atoms with Crippen molar-refractivity contribution in [3.63, 3.8) is 0 Å². The Labute approximate surface area is 109 Å². The molecule has 0 fully saturated rings. The number of ketones is 1. The van der Waals surface area contributed by atoms with Gasteiger partial charge in [-0.1, -0.05) is 30.3 Å². The molecule has 1 unspecified atom stereocenters. The van der Waals surface area contributed by atoms with Gasteiger partial charge >= 0.3 is 0 Å². The third-order valence-electron chi connectivity index (χ3n) is 3.59. The lowest BCUT2D eigenvalue weighted by molar-refractivity contribution is 0.0936. The van der Waals surface area contributed by atoms with Crippen molar-refractivity contribution in [2.45, 2.75) is 12.8 Å². The van der Waals surface area contributed by atoms with Gasteiger partial charge in [-0.2, -0.15) is 0 Å². The molecule has 1 nitrogen and oxygen atoms in total. The smallest absolute Gasteiger partial charge is 0.166 e. The third kappa shape index (κ3) is 2.16. The molecule has 1 atom stereocenters. The van der Waals surface area contributed by atoms with E-state index in [1.54, 1.807) is 0 Å². The van der Waals surface area contributed by atoms with Gasteiger partial charge in [0.05, 0.1) is 0 Å². The van der Waals surface area contributed by atoms with Crippen molar-refractivity contribution in [1.29, 1.82) is 0 Å². The van der Waals surface area contributed by atoms with Crippen molar-refractivity contribution >= 4 is 5.78 Å². The van der Waals surface area contributed by atoms with Crippen LogP contribution in [0, 0.1) is 17.6 Å². The van der Waals surface area contributed by atoms with Crippen molar-refractivity contribution < 1.29 is 13.6 Å². The summed E-state index contributed by atoms with van der Waals surface area (Å²) in [7, 11) is 0. The summed E-state index contributed by atoms with van der Waals surface area (Å²) in [6.45, 7) is 0. The fourth-order valence-electron chi connectivity index (χ4n) is 2.63. The second-order valence-electron chi connectivity index (χ2n) is 4.88. The quantitative estimate of drug-likeness (QED) is 0.805. The van der Waals surface area contributed by atoms with Crippen LogP contribution in [0.15, 0.2) is 42.5 Å². The molecule has 1 aliphatic carbocycles. The van der Waals surface area contributed by atoms with Crippen molar-refractivity contribution in [2.75, 3.05) is 0 Å². The minimum atomic E-state index is -0.861. The first-order valence-electron chi connectivity index (χ1n) is 6.21. The van der Waals surface area contributed by atoms with Gasteiger partial charge in [-0.25, -0.2) is 8.78 Å². The number of hydrogen-bond donors (Lipinski definition) is 0. The molecule has 0 heterocycles. The maximum atomic E-state index is 13.2. The maximum Gasteiger partial charge on any atom is 0.166 e. The summed E-state index contributed by atoms with van der Waals surface area (Å²) in [5.74, 6) is -1.78. The summed E-state index contributed by atoms with van der Waals surface area (Å²) < 4.78 is 26.0. The molecule has 0 aromatic heterocycles. The summed E-state index contributed by atoms with van der Waals surface area (Å²) in [6, 6.07) is 11.3. The molecule has 19 heavy (non-hydrogen) atoms. The zero-order valence-corrected chi connectivity index (χ0v) is 10.2. The normalized spacial score (nSPS) is 17.6. The van der Waals surface area contributed by atoms with E-state index in [4.69, 9.17) is 0 Å². The van der Waals surface area contributed by atoms with Gasteiger partial charge in [0.25, 0.3) is 0 Å². The predicted octanol–water partition coefficient (Wildman–Crippen LogP) is 3.56. The first-order chi connectivity index (χ1) is 9.15. The molecule has 0 spiro atoms. The second-order valence-corrected chi connectivity index (χ2v) is 4.88. The van der Waals surface area contributed by atoms with Crippen LogP contribution < -0.4 is 0 Å². The molecule has 2 aromatic rings. The zero-order chi connectivity index (χ0) is 13.4. The standard InChI is InChI=1S/C16H12F2O/c17-14-6-5-10(8-15(14)18)7-12-9-11-3-1-2-4-13(11)16(12)19/h1-6,8,12H,7,9H2. The van der Waals surface area contributed by atoms with Gasteiger partial charge in [-0.05, 0) is 36.1 Å². The van der Waals surface area contributed by atoms with Gasteiger partial charge in [0.1, 0.15) is 0 Å². The monoisotopic (exact) mass is 258 g/mol. The highest BCUT2D eigenvalue weighted by molar-refractivity contribution is 6.02. The van der Waals surface area contributed by atoms with E-state index in [9.17, 15) is 13.6 Å². The highest BCUT2D eigenvalue weighted by atomic mass is 19.2. The Hall–Kier alpha value is -2.03. The Morgan fingerprint density at radius 1 is 1.05 bits per heavy atom. The maximum absolute atomic E-state index is 13.2. The number of rotatable bonds is 2. The Morgan fingerprint density at radius 2 is 1.84 bits per heavy atom. The largest absolute Gasteiger partial charge is 0.294 e. The molecule has 0 radical (unpaired) electrons. The number of carbonyl (C=O) groups excluding carboxylic acids is 1. The zero-order valence-electron chi connectivity index (χ0n) is 10.2. The highest BCUT2D eigenvalue weighted by Gasteiger charge is 2.30. The SMILES string of the molecule is O=C1c2ccccc2CC1Cc1ccc(F)c(F)c1. The van der Waals surface area contributed by atoms with Crippen LogP contribution in [0.5, 0.6) is 0 Å². The van der Waals surface area contributed by atoms with Crippen molar-refractivity contribution in [1.82, 2.24) is 0 Å². The first-order valence-corrected chi connectivity index (χ1v) is 6.21. The van der Waals surface area contributed by atoms with Crippen LogP contribution in [0.25, 0.3) is 0 Å². The fourth-order valence-corrected chi connectivity index (χ4v) is 2.63. The van der Waals surface area contributed by atoms with E-state index in [0.29, 0.717) is 18.4 Å². The first kappa shape index (κ1) is 12.0. The Balaban J connectivity index is 1.83. The van der Waals surface area contributed by atoms with Gasteiger partial charge in [0.15, 0.2) is 17.4 Å². The van der Waals surface area contributed by atoms with E-state index in [1.165, 1.54) is 12.1 Å². The fraction of sp³-hybridized carbons (Fsp3) is 0.188. The number of halogens is 2. The third-order valence-corrected chi connectivity index (χ3v) is 3.59. The summed E-state index contributed by atoms with van der Waals surface area (Å²) in [6.07, 6.45) is 1.12. The molecule has 0 aliphatic heterocycles. The van der Waals surface area contributed by atoms with Crippen LogP contribution in [0.3, 0.4) is 0 Å². The van der Waals surface area contributed by atoms with Crippen LogP contribution >= 0.6 is 0 Å². The minimum Gasteiger partial charge on any atom is -0.294 e. The molecular weight excluding hydrogens is 246 g/mol. The minimum absolute atomic E-state index is 0.0975. The van der Waals surface area contributed by atoms with Crippen LogP contribution in [-0.4, -0.2) is 5.78 Å². The van der Waals surface area contributed by atoms with Crippen molar-refractivity contribution in [3.8, 4) is 0 Å². The van der Waals surface area contributed by atoms with E-state index in [1.807, 2.05) is 24.3 Å². The van der Waals surface area contributed by atoms with E-state index in [2.05, 4.69) is 0 Å². The predicted molar refractivity (Wildman–Crippen MR) is 68.0 cm³/mol.